The summed E-state index contributed by atoms with van der Waals surface area (Å²) in [6.07, 6.45) is 8.80. The van der Waals surface area contributed by atoms with Crippen molar-refractivity contribution in [2.75, 3.05) is 0 Å². The Kier molecular flexibility index (Phi) is 10.1. The van der Waals surface area contributed by atoms with Gasteiger partial charge in [-0.1, -0.05) is 182 Å². The average Bonchev–Trinajstić information content (AvgIpc) is 3.94. The fourth-order valence-electron chi connectivity index (χ4n) is 7.33. The molecule has 0 fully saturated rings. The smallest absolute Gasteiger partial charge is 0.0934 e. The Morgan fingerprint density at radius 3 is 1.05 bits per heavy atom. The molecule has 0 N–H and O–H groups in total. The minimum Gasteiger partial charge on any atom is -0.232 e. The number of rotatable bonds is 10. The molecule has 2 aromatic heterocycles. The molecular weight excluding hydrogens is 705 g/mol. The largest absolute Gasteiger partial charge is 0.232 e. The van der Waals surface area contributed by atoms with Crippen molar-refractivity contribution in [1.29, 1.82) is 0 Å². The molecule has 0 aliphatic heterocycles. The second-order valence-electron chi connectivity index (χ2n) is 14.5. The first-order valence-corrected chi connectivity index (χ1v) is 19.7. The van der Waals surface area contributed by atoms with E-state index in [1.807, 2.05) is 57.9 Å². The maximum absolute atomic E-state index is 5.04. The van der Waals surface area contributed by atoms with Crippen LogP contribution >= 0.6 is 0 Å². The third kappa shape index (κ3) is 7.77. The molecule has 0 saturated heterocycles. The Morgan fingerprint density at radius 1 is 0.345 bits per heavy atom. The molecule has 0 bridgehead atoms. The normalized spacial score (nSPS) is 11.5. The maximum Gasteiger partial charge on any atom is 0.0934 e. The summed E-state index contributed by atoms with van der Waals surface area (Å²) >= 11 is 0. The molecule has 0 aliphatic carbocycles. The lowest BCUT2D eigenvalue weighted by atomic mass is 9.98. The first kappa shape index (κ1) is 36.1. The van der Waals surface area contributed by atoms with Gasteiger partial charge in [-0.05, 0) is 83.6 Å². The summed E-state index contributed by atoms with van der Waals surface area (Å²) in [5.41, 5.74) is 17.7. The molecule has 2 heterocycles. The molecule has 0 amide bonds. The van der Waals surface area contributed by atoms with Gasteiger partial charge in [0.15, 0.2) is 0 Å². The topological polar surface area (TPSA) is 35.6 Å². The van der Waals surface area contributed by atoms with Gasteiger partial charge in [-0.2, -0.15) is 10.2 Å². The van der Waals surface area contributed by atoms with E-state index in [-0.39, 0.29) is 0 Å². The van der Waals surface area contributed by atoms with E-state index in [0.717, 1.165) is 67.5 Å². The van der Waals surface area contributed by atoms with Gasteiger partial charge in [0.2, 0.25) is 0 Å². The molecule has 7 aromatic carbocycles. The van der Waals surface area contributed by atoms with Crippen LogP contribution < -0.4 is 0 Å². The van der Waals surface area contributed by atoms with Gasteiger partial charge in [-0.15, -0.1) is 0 Å². The molecular formula is C54H42N4. The van der Waals surface area contributed by atoms with E-state index in [1.165, 1.54) is 22.3 Å². The van der Waals surface area contributed by atoms with Gasteiger partial charge >= 0.3 is 0 Å². The van der Waals surface area contributed by atoms with Gasteiger partial charge in [-0.3, -0.25) is 0 Å². The van der Waals surface area contributed by atoms with Crippen molar-refractivity contribution in [3.63, 3.8) is 0 Å². The monoisotopic (exact) mass is 746 g/mol. The summed E-state index contributed by atoms with van der Waals surface area (Å²) in [6, 6.07) is 67.7. The van der Waals surface area contributed by atoms with Crippen molar-refractivity contribution in [2.45, 2.75) is 13.8 Å². The summed E-state index contributed by atoms with van der Waals surface area (Å²) in [4.78, 5) is 0. The van der Waals surface area contributed by atoms with Crippen LogP contribution in [-0.4, -0.2) is 19.6 Å². The van der Waals surface area contributed by atoms with Gasteiger partial charge in [0.05, 0.1) is 34.2 Å². The standard InChI is InChI=1S/C54H42N4/c1-39-35-48(34-28-42-25-31-44(32-26-42)52-38-54(46-17-9-4-10-18-46)58(56-52)50-21-13-6-14-22-50)40(2)36-47(39)33-27-41-23-29-43(30-24-41)51-37-53(45-15-7-3-8-16-45)57(55-51)49-19-11-5-12-20-49/h3-38H,1-2H3/b33-27+,34-28+. The third-order valence-electron chi connectivity index (χ3n) is 10.5. The van der Waals surface area contributed by atoms with Crippen molar-refractivity contribution < 1.29 is 0 Å². The third-order valence-corrected chi connectivity index (χ3v) is 10.5. The second kappa shape index (κ2) is 16.3. The van der Waals surface area contributed by atoms with E-state index in [0.29, 0.717) is 0 Å². The zero-order valence-electron chi connectivity index (χ0n) is 32.6. The lowest BCUT2D eigenvalue weighted by Crippen LogP contribution is -1.98. The molecule has 0 spiro atoms. The first-order chi connectivity index (χ1) is 28.6. The summed E-state index contributed by atoms with van der Waals surface area (Å²) in [5, 5.41) is 10.1. The van der Waals surface area contributed by atoms with Crippen LogP contribution in [0.3, 0.4) is 0 Å². The Morgan fingerprint density at radius 2 is 0.690 bits per heavy atom. The SMILES string of the molecule is Cc1cc(/C=C/c2ccc(-c3cc(-c4ccccc4)n(-c4ccccc4)n3)cc2)c(C)cc1/C=C/c1ccc(-c2cc(-c3ccccc3)n(-c3ccccc3)n2)cc1. The number of aromatic nitrogens is 4. The molecule has 4 nitrogen and oxygen atoms in total. The van der Waals surface area contributed by atoms with Gasteiger partial charge in [0.1, 0.15) is 0 Å². The number of hydrogen-bond donors (Lipinski definition) is 0. The Hall–Kier alpha value is -7.56. The van der Waals surface area contributed by atoms with Crippen molar-refractivity contribution >= 4 is 24.3 Å². The predicted octanol–water partition coefficient (Wildman–Crippen LogP) is 13.7. The lowest BCUT2D eigenvalue weighted by Gasteiger charge is -2.07. The Labute approximate surface area is 340 Å². The average molecular weight is 747 g/mol. The maximum atomic E-state index is 5.04. The number of aryl methyl sites for hydroxylation is 2. The Bertz CT molecular complexity index is 2530. The number of hydrogen-bond acceptors (Lipinski definition) is 2. The highest BCUT2D eigenvalue weighted by atomic mass is 15.3. The molecule has 4 heteroatoms. The van der Waals surface area contributed by atoms with Crippen molar-refractivity contribution in [3.05, 3.63) is 228 Å². The highest BCUT2D eigenvalue weighted by Gasteiger charge is 2.15. The fourth-order valence-corrected chi connectivity index (χ4v) is 7.33. The minimum absolute atomic E-state index is 0.942. The van der Waals surface area contributed by atoms with Crippen molar-refractivity contribution in [1.82, 2.24) is 19.6 Å². The molecule has 9 aromatic rings. The molecule has 278 valence electrons. The second-order valence-corrected chi connectivity index (χ2v) is 14.5. The van der Waals surface area contributed by atoms with E-state index >= 15 is 0 Å². The van der Waals surface area contributed by atoms with Crippen molar-refractivity contribution in [3.8, 4) is 56.4 Å². The quantitative estimate of drug-likeness (QED) is 0.131. The molecule has 58 heavy (non-hydrogen) atoms. The highest BCUT2D eigenvalue weighted by molar-refractivity contribution is 5.78. The zero-order chi connectivity index (χ0) is 39.3. The van der Waals surface area contributed by atoms with E-state index < -0.39 is 0 Å². The van der Waals surface area contributed by atoms with Gasteiger partial charge in [0.25, 0.3) is 0 Å². The molecule has 0 unspecified atom stereocenters. The van der Waals surface area contributed by atoms with E-state index in [1.54, 1.807) is 0 Å². The van der Waals surface area contributed by atoms with E-state index in [9.17, 15) is 0 Å². The van der Waals surface area contributed by atoms with Crippen LogP contribution in [-0.2, 0) is 0 Å². The van der Waals surface area contributed by atoms with Gasteiger partial charge < -0.3 is 0 Å². The van der Waals surface area contributed by atoms with Crippen LogP contribution in [0.15, 0.2) is 194 Å². The summed E-state index contributed by atoms with van der Waals surface area (Å²) < 4.78 is 4.06. The lowest BCUT2D eigenvalue weighted by molar-refractivity contribution is 0.892. The Balaban J connectivity index is 0.897. The summed E-state index contributed by atoms with van der Waals surface area (Å²) in [5.74, 6) is 0. The predicted molar refractivity (Wildman–Crippen MR) is 243 cm³/mol. The van der Waals surface area contributed by atoms with Crippen LogP contribution in [0.5, 0.6) is 0 Å². The molecule has 0 radical (unpaired) electrons. The summed E-state index contributed by atoms with van der Waals surface area (Å²) in [7, 11) is 0. The van der Waals surface area contributed by atoms with Crippen molar-refractivity contribution in [2.24, 2.45) is 0 Å². The molecule has 0 atom stereocenters. The molecule has 0 saturated carbocycles. The van der Waals surface area contributed by atoms with Crippen LogP contribution in [0.2, 0.25) is 0 Å². The zero-order valence-corrected chi connectivity index (χ0v) is 32.6. The fraction of sp³-hybridized carbons (Fsp3) is 0.0370. The van der Waals surface area contributed by atoms with E-state index in [4.69, 9.17) is 10.2 Å². The van der Waals surface area contributed by atoms with Gasteiger partial charge in [-0.25, -0.2) is 9.36 Å². The van der Waals surface area contributed by atoms with Crippen LogP contribution in [0, 0.1) is 13.8 Å². The number of nitrogens with zero attached hydrogens (tertiary/aromatic N) is 4. The summed E-state index contributed by atoms with van der Waals surface area (Å²) in [6.45, 7) is 4.36. The van der Waals surface area contributed by atoms with Crippen LogP contribution in [0.25, 0.3) is 80.7 Å². The number of para-hydroxylation sites is 2. The van der Waals surface area contributed by atoms with E-state index in [2.05, 4.69) is 184 Å². The molecule has 9 rings (SSSR count). The minimum atomic E-state index is 0.942. The van der Waals surface area contributed by atoms with Crippen LogP contribution in [0.4, 0.5) is 0 Å². The highest BCUT2D eigenvalue weighted by Crippen LogP contribution is 2.31. The molecule has 0 aliphatic rings. The first-order valence-electron chi connectivity index (χ1n) is 19.7. The van der Waals surface area contributed by atoms with Gasteiger partial charge in [0, 0.05) is 22.3 Å². The van der Waals surface area contributed by atoms with Crippen LogP contribution in [0.1, 0.15) is 33.4 Å². The number of benzene rings is 7.